The number of hydrogen-bond acceptors (Lipinski definition) is 14. The predicted molar refractivity (Wildman–Crippen MR) is 177 cm³/mol. The van der Waals surface area contributed by atoms with Crippen molar-refractivity contribution in [2.24, 2.45) is 20.0 Å². The van der Waals surface area contributed by atoms with Crippen LogP contribution in [0.3, 0.4) is 0 Å². The molecule has 0 bridgehead atoms. The van der Waals surface area contributed by atoms with Crippen molar-refractivity contribution >= 4 is 0 Å². The minimum Gasteiger partial charge on any atom is -0.225 e. The highest BCUT2D eigenvalue weighted by atomic mass is 19.1. The van der Waals surface area contributed by atoms with Gasteiger partial charge in [0.25, 0.3) is 0 Å². The van der Waals surface area contributed by atoms with E-state index in [4.69, 9.17) is 5.26 Å². The van der Waals surface area contributed by atoms with Crippen LogP contribution in [0.1, 0.15) is 16.7 Å². The molecule has 240 valence electrons. The molecule has 0 aliphatic carbocycles. The minimum absolute atomic E-state index is 0.00106. The van der Waals surface area contributed by atoms with Crippen molar-refractivity contribution in [2.45, 2.75) is 0 Å². The molecule has 0 unspecified atom stereocenters. The Balaban J connectivity index is 1.46. The van der Waals surface area contributed by atoms with Crippen molar-refractivity contribution in [2.75, 3.05) is 0 Å². The van der Waals surface area contributed by atoms with Gasteiger partial charge in [0.1, 0.15) is 59.0 Å². The summed E-state index contributed by atoms with van der Waals surface area (Å²) in [7, 11) is 0. The molecule has 0 atom stereocenters. The van der Waals surface area contributed by atoms with E-state index in [2.05, 4.69) is 47.1 Å². The summed E-state index contributed by atoms with van der Waals surface area (Å²) in [6, 6.07) is 30.1. The second kappa shape index (κ2) is 13.1. The van der Waals surface area contributed by atoms with Gasteiger partial charge in [-0.3, -0.25) is 0 Å². The molecule has 2 aliphatic heterocycles. The van der Waals surface area contributed by atoms with Crippen LogP contribution < -0.4 is 21.4 Å². The van der Waals surface area contributed by atoms with Gasteiger partial charge in [-0.1, -0.05) is 30.3 Å². The van der Waals surface area contributed by atoms with E-state index in [1.807, 2.05) is 0 Å². The van der Waals surface area contributed by atoms with E-state index in [0.29, 0.717) is 16.7 Å². The van der Waals surface area contributed by atoms with Gasteiger partial charge in [0, 0.05) is 16.7 Å². The van der Waals surface area contributed by atoms with Gasteiger partial charge in [0.05, 0.1) is 27.4 Å². The van der Waals surface area contributed by atoms with Gasteiger partial charge < -0.3 is 0 Å². The molecule has 3 heterocycles. The summed E-state index contributed by atoms with van der Waals surface area (Å²) in [5.74, 6) is -0.837. The maximum atomic E-state index is 14.4. The monoisotopic (exact) mass is 682 g/mol. The Morgan fingerprint density at radius 1 is 0.472 bits per heavy atom. The lowest BCUT2D eigenvalue weighted by atomic mass is 10.0. The Hall–Kier alpha value is -9.07. The quantitative estimate of drug-likeness (QED) is 0.250. The summed E-state index contributed by atoms with van der Waals surface area (Å²) in [5, 5.41) is 67.8. The molecule has 2 aliphatic rings. The third kappa shape index (κ3) is 5.54. The van der Waals surface area contributed by atoms with Crippen molar-refractivity contribution in [3.63, 3.8) is 0 Å². The third-order valence-electron chi connectivity index (χ3n) is 8.00. The Morgan fingerprint density at radius 3 is 1.36 bits per heavy atom. The van der Waals surface area contributed by atoms with Gasteiger partial charge in [-0.05, 0) is 47.5 Å². The van der Waals surface area contributed by atoms with E-state index in [1.165, 1.54) is 36.4 Å². The molecule has 0 amide bonds. The maximum Gasteiger partial charge on any atom is 0.182 e. The first kappa shape index (κ1) is 32.5. The van der Waals surface area contributed by atoms with Crippen molar-refractivity contribution < 1.29 is 4.39 Å². The van der Waals surface area contributed by atoms with Gasteiger partial charge in [0.2, 0.25) is 0 Å². The van der Waals surface area contributed by atoms with Gasteiger partial charge in [-0.25, -0.2) is 39.3 Å². The lowest BCUT2D eigenvalue weighted by Gasteiger charge is -2.10. The fraction of sp³-hybridized carbons (Fsp3) is 0. The van der Waals surface area contributed by atoms with E-state index in [-0.39, 0.29) is 89.5 Å². The van der Waals surface area contributed by atoms with E-state index in [0.717, 1.165) is 0 Å². The Kier molecular flexibility index (Phi) is 8.02. The largest absolute Gasteiger partial charge is 0.225 e. The fourth-order valence-electron chi connectivity index (χ4n) is 5.47. The molecular weight excluding hydrogens is 672 g/mol. The van der Waals surface area contributed by atoms with Crippen molar-refractivity contribution in [3.05, 3.63) is 133 Å². The van der Waals surface area contributed by atoms with Crippen LogP contribution in [-0.2, 0) is 0 Å². The molecule has 5 aromatic rings. The van der Waals surface area contributed by atoms with Crippen LogP contribution in [0.2, 0.25) is 0 Å². The molecule has 7 rings (SSSR count). The summed E-state index contributed by atoms with van der Waals surface area (Å²) in [4.78, 5) is 31.0. The number of rotatable bonds is 4. The Bertz CT molecular complexity index is 2960. The Labute approximate surface area is 296 Å². The van der Waals surface area contributed by atoms with Crippen LogP contribution in [0.5, 0.6) is 0 Å². The molecule has 0 saturated heterocycles. The molecule has 0 saturated carbocycles. The van der Waals surface area contributed by atoms with Crippen molar-refractivity contribution in [3.8, 4) is 87.8 Å². The minimum atomic E-state index is -0.664. The van der Waals surface area contributed by atoms with E-state index in [1.54, 1.807) is 60.7 Å². The molecule has 4 aromatic carbocycles. The number of hydrogen-bond donors (Lipinski definition) is 0. The number of nitrogens with zero attached hydrogens (tertiary/aromatic N) is 14. The smallest absolute Gasteiger partial charge is 0.182 e. The number of fused-ring (bicyclic) bond motifs is 2. The molecule has 15 heteroatoms. The summed E-state index contributed by atoms with van der Waals surface area (Å²) in [6.07, 6.45) is 0. The molecule has 0 spiro atoms. The summed E-state index contributed by atoms with van der Waals surface area (Å²) in [5.41, 5.74) is 1.27. The van der Waals surface area contributed by atoms with Crippen LogP contribution in [-0.4, -0.2) is 15.0 Å². The van der Waals surface area contributed by atoms with Crippen LogP contribution in [0, 0.1) is 85.1 Å². The highest BCUT2D eigenvalue weighted by Crippen LogP contribution is 2.29. The Morgan fingerprint density at radius 2 is 0.925 bits per heavy atom. The number of aromatic nitrogens is 3. The number of halogens is 1. The average molecular weight is 683 g/mol. The highest BCUT2D eigenvalue weighted by Gasteiger charge is 2.22. The lowest BCUT2D eigenvalue weighted by molar-refractivity contribution is 0.624. The lowest BCUT2D eigenvalue weighted by Crippen LogP contribution is -2.26. The van der Waals surface area contributed by atoms with Gasteiger partial charge in [0.15, 0.2) is 40.3 Å². The van der Waals surface area contributed by atoms with Crippen LogP contribution >= 0.6 is 0 Å². The van der Waals surface area contributed by atoms with E-state index >= 15 is 0 Å². The average Bonchev–Trinajstić information content (AvgIpc) is 3.83. The molecule has 1 aromatic heterocycles. The van der Waals surface area contributed by atoms with E-state index in [9.17, 15) is 36.0 Å². The topological polar surface area (TPSA) is 255 Å². The van der Waals surface area contributed by atoms with E-state index < -0.39 is 5.82 Å². The van der Waals surface area contributed by atoms with Gasteiger partial charge >= 0.3 is 0 Å². The maximum absolute atomic E-state index is 14.4. The highest BCUT2D eigenvalue weighted by molar-refractivity contribution is 5.74. The standard InChI is InChI=1S/C38H11FN14/c39-29-11-21(5-6-22(29)12-40)19-1-3-20(4-2-19)34-51-37(25-7-9-30-32(27(25)17-45)49-35(47-30)23(13-41)14-42)53-38(52-34)26-8-10-31-33(28(26)18-46)50-36(48-31)24(15-43)16-44/h1-11H. The zero-order chi connectivity index (χ0) is 37.2. The number of allylic oxidation sites excluding steroid dienone is 2. The number of nitriles is 7. The third-order valence-corrected chi connectivity index (χ3v) is 8.00. The fourth-order valence-corrected chi connectivity index (χ4v) is 5.47. The SMILES string of the molecule is N#CC(C#N)=C1N=c2ccc(-c3nc(-c4ccc(-c5ccc(C#N)c(F)c5)cc4)nc(-c4ccc5c(c4C#N)=NC(=C(C#N)C#N)N=5)n3)c(C#N)c2=N1. The predicted octanol–water partition coefficient (Wildman–Crippen LogP) is 3.32. The van der Waals surface area contributed by atoms with Gasteiger partial charge in [-0.2, -0.15) is 36.8 Å². The summed E-state index contributed by atoms with van der Waals surface area (Å²) >= 11 is 0. The summed E-state index contributed by atoms with van der Waals surface area (Å²) < 4.78 is 14.4. The second-order valence-electron chi connectivity index (χ2n) is 10.9. The molecule has 0 fully saturated rings. The van der Waals surface area contributed by atoms with Gasteiger partial charge in [-0.15, -0.1) is 0 Å². The molecule has 53 heavy (non-hydrogen) atoms. The van der Waals surface area contributed by atoms with Crippen molar-refractivity contribution in [1.82, 2.24) is 15.0 Å². The molecular formula is C38H11FN14. The first-order chi connectivity index (χ1) is 25.8. The molecule has 0 radical (unpaired) electrons. The van der Waals surface area contributed by atoms with Crippen LogP contribution in [0.15, 0.2) is 109 Å². The normalized spacial score (nSPS) is 11.5. The zero-order valence-corrected chi connectivity index (χ0v) is 26.5. The van der Waals surface area contributed by atoms with Crippen LogP contribution in [0.4, 0.5) is 4.39 Å². The van der Waals surface area contributed by atoms with Crippen LogP contribution in [0.25, 0.3) is 45.3 Å². The first-order valence-electron chi connectivity index (χ1n) is 15.0. The molecule has 0 N–H and O–H groups in total. The number of benzene rings is 4. The zero-order valence-electron chi connectivity index (χ0n) is 26.5. The van der Waals surface area contributed by atoms with Crippen molar-refractivity contribution in [1.29, 1.82) is 36.8 Å². The first-order valence-corrected chi connectivity index (χ1v) is 15.0. The summed E-state index contributed by atoms with van der Waals surface area (Å²) in [6.45, 7) is 0. The second-order valence-corrected chi connectivity index (χ2v) is 10.9. The molecule has 14 nitrogen and oxygen atoms in total.